The van der Waals surface area contributed by atoms with E-state index in [0.29, 0.717) is 16.5 Å². The van der Waals surface area contributed by atoms with Crippen LogP contribution in [0.15, 0.2) is 48.5 Å². The van der Waals surface area contributed by atoms with Crippen LogP contribution >= 0.6 is 11.3 Å². The van der Waals surface area contributed by atoms with Crippen LogP contribution in [0.2, 0.25) is 0 Å². The first-order valence-corrected chi connectivity index (χ1v) is 12.8. The Bertz CT molecular complexity index is 1090. The molecule has 33 heavy (non-hydrogen) atoms. The molecule has 0 amide bonds. The Balaban J connectivity index is 1.91. The smallest absolute Gasteiger partial charge is 0.220 e. The first-order chi connectivity index (χ1) is 15.6. The number of hydrogen-bond acceptors (Lipinski definition) is 7. The van der Waals surface area contributed by atoms with Gasteiger partial charge >= 0.3 is 0 Å². The summed E-state index contributed by atoms with van der Waals surface area (Å²) in [5, 5.41) is 10.2. The molecule has 1 N–H and O–H groups in total. The molecule has 0 saturated carbocycles. The van der Waals surface area contributed by atoms with E-state index in [2.05, 4.69) is 4.98 Å². The van der Waals surface area contributed by atoms with Gasteiger partial charge < -0.3 is 14.6 Å². The first kappa shape index (κ1) is 25.2. The van der Waals surface area contributed by atoms with Crippen LogP contribution in [0.3, 0.4) is 0 Å². The van der Waals surface area contributed by atoms with E-state index in [-0.39, 0.29) is 13.1 Å². The van der Waals surface area contributed by atoms with Crippen molar-refractivity contribution in [3.05, 3.63) is 75.2 Å². The van der Waals surface area contributed by atoms with Gasteiger partial charge in [0.1, 0.15) is 27.9 Å². The van der Waals surface area contributed by atoms with Crippen molar-refractivity contribution in [2.24, 2.45) is 0 Å². The number of rotatable bonds is 10. The molecule has 178 valence electrons. The Morgan fingerprint density at radius 1 is 0.939 bits per heavy atom. The second-order valence-electron chi connectivity index (χ2n) is 7.85. The molecule has 1 aromatic heterocycles. The molecule has 0 aliphatic carbocycles. The Hall–Kier alpha value is -2.46. The number of hydrogen-bond donors (Lipinski definition) is 1. The summed E-state index contributed by atoms with van der Waals surface area (Å²) in [6.07, 6.45) is -1.22. The number of ether oxygens (including phenoxy) is 2. The lowest BCUT2D eigenvalue weighted by atomic mass is 10.2. The molecule has 2 aromatic carbocycles. The van der Waals surface area contributed by atoms with Crippen molar-refractivity contribution in [3.8, 4) is 11.5 Å². The number of nitrogens with zero attached hydrogens (tertiary/aromatic N) is 2. The summed E-state index contributed by atoms with van der Waals surface area (Å²) in [7, 11) is -0.725. The van der Waals surface area contributed by atoms with Gasteiger partial charge in [-0.15, -0.1) is 11.3 Å². The molecule has 0 bridgehead atoms. The van der Waals surface area contributed by atoms with Gasteiger partial charge in [-0.2, -0.15) is 4.31 Å². The van der Waals surface area contributed by atoms with E-state index < -0.39 is 21.4 Å². The van der Waals surface area contributed by atoms with Crippen LogP contribution in [0.4, 0.5) is 0 Å². The number of aromatic nitrogens is 1. The number of thiazole rings is 1. The lowest BCUT2D eigenvalue weighted by Gasteiger charge is -2.28. The van der Waals surface area contributed by atoms with Gasteiger partial charge in [0.15, 0.2) is 0 Å². The van der Waals surface area contributed by atoms with Crippen molar-refractivity contribution in [3.63, 3.8) is 0 Å². The van der Waals surface area contributed by atoms with E-state index in [1.165, 1.54) is 22.6 Å². The summed E-state index contributed by atoms with van der Waals surface area (Å²) in [6.45, 7) is 5.60. The van der Waals surface area contributed by atoms with Gasteiger partial charge in [0, 0.05) is 18.0 Å². The molecule has 1 heterocycles. The monoisotopic (exact) mass is 490 g/mol. The number of benzene rings is 2. The maximum Gasteiger partial charge on any atom is 0.220 e. The topological polar surface area (TPSA) is 89.0 Å². The fraction of sp³-hybridized carbons (Fsp3) is 0.375. The number of aliphatic hydroxyl groups excluding tert-OH is 1. The summed E-state index contributed by atoms with van der Waals surface area (Å²) in [5.74, 6) is 1.39. The van der Waals surface area contributed by atoms with Crippen LogP contribution in [0.1, 0.15) is 39.7 Å². The Morgan fingerprint density at radius 2 is 1.39 bits per heavy atom. The van der Waals surface area contributed by atoms with Crippen molar-refractivity contribution < 1.29 is 23.0 Å². The highest BCUT2D eigenvalue weighted by atomic mass is 32.2. The Labute approximate surface area is 199 Å². The van der Waals surface area contributed by atoms with E-state index in [1.807, 2.05) is 38.1 Å². The van der Waals surface area contributed by atoms with Gasteiger partial charge in [-0.05, 0) is 56.2 Å². The zero-order chi connectivity index (χ0) is 24.2. The molecular weight excluding hydrogens is 460 g/mol. The van der Waals surface area contributed by atoms with Crippen LogP contribution in [0.5, 0.6) is 11.5 Å². The highest BCUT2D eigenvalue weighted by molar-refractivity contribution is 7.89. The molecule has 0 fully saturated rings. The number of methoxy groups -OCH3 is 2. The van der Waals surface area contributed by atoms with Crippen molar-refractivity contribution in [2.45, 2.75) is 45.2 Å². The molecule has 0 aliphatic heterocycles. The van der Waals surface area contributed by atoms with E-state index in [0.717, 1.165) is 21.7 Å². The number of aryl methyl sites for hydroxylation is 2. The van der Waals surface area contributed by atoms with Crippen molar-refractivity contribution in [2.75, 3.05) is 14.2 Å². The minimum Gasteiger partial charge on any atom is -0.497 e. The molecule has 3 rings (SSSR count). The third-order valence-electron chi connectivity index (χ3n) is 5.61. The lowest BCUT2D eigenvalue weighted by Crippen LogP contribution is -2.39. The van der Waals surface area contributed by atoms with Crippen LogP contribution in [0.25, 0.3) is 0 Å². The maximum absolute atomic E-state index is 13.7. The largest absolute Gasteiger partial charge is 0.497 e. The predicted octanol–water partition coefficient (Wildman–Crippen LogP) is 4.23. The van der Waals surface area contributed by atoms with Crippen LogP contribution < -0.4 is 9.47 Å². The summed E-state index contributed by atoms with van der Waals surface area (Å²) in [6, 6.07) is 14.5. The van der Waals surface area contributed by atoms with Crippen LogP contribution in [0, 0.1) is 13.8 Å². The maximum atomic E-state index is 13.7. The van der Waals surface area contributed by atoms with Gasteiger partial charge in [-0.3, -0.25) is 0 Å². The van der Waals surface area contributed by atoms with Crippen molar-refractivity contribution in [1.29, 1.82) is 0 Å². The summed E-state index contributed by atoms with van der Waals surface area (Å²) in [5.41, 5.74) is 2.43. The van der Waals surface area contributed by atoms with E-state index in [4.69, 9.17) is 9.47 Å². The summed E-state index contributed by atoms with van der Waals surface area (Å²) in [4.78, 5) is 5.33. The van der Waals surface area contributed by atoms with Crippen molar-refractivity contribution >= 4 is 21.4 Å². The quantitative estimate of drug-likeness (QED) is 0.458. The average Bonchev–Trinajstić information content (AvgIpc) is 3.16. The molecule has 9 heteroatoms. The van der Waals surface area contributed by atoms with E-state index in [9.17, 15) is 13.5 Å². The Kier molecular flexibility index (Phi) is 8.12. The fourth-order valence-corrected chi connectivity index (χ4v) is 6.01. The highest BCUT2D eigenvalue weighted by Crippen LogP contribution is 2.30. The summed E-state index contributed by atoms with van der Waals surface area (Å²) < 4.78 is 39.2. The third-order valence-corrected chi connectivity index (χ3v) is 8.93. The average molecular weight is 491 g/mol. The number of aliphatic hydroxyl groups is 1. The number of sulfonamides is 1. The molecule has 0 spiro atoms. The molecule has 0 unspecified atom stereocenters. The van der Waals surface area contributed by atoms with Gasteiger partial charge in [0.2, 0.25) is 10.0 Å². The highest BCUT2D eigenvalue weighted by Gasteiger charge is 2.36. The van der Waals surface area contributed by atoms with Gasteiger partial charge in [0.05, 0.1) is 19.9 Å². The molecule has 0 radical (unpaired) electrons. The summed E-state index contributed by atoms with van der Waals surface area (Å²) >= 11 is 1.32. The Morgan fingerprint density at radius 3 is 1.76 bits per heavy atom. The molecule has 7 nitrogen and oxygen atoms in total. The minimum atomic E-state index is -3.89. The second-order valence-corrected chi connectivity index (χ2v) is 11.4. The standard InChI is InChI=1S/C24H30N2O5S2/c1-16-17(2)32-24(25-16)23(27)18(3)33(28,29)26(14-19-6-10-21(30-4)11-7-19)15-20-8-12-22(31-5)13-9-20/h6-13,18,23,27H,14-15H2,1-5H3/t18-,23+/m1/s1. The minimum absolute atomic E-state index is 0.158. The first-order valence-electron chi connectivity index (χ1n) is 10.5. The lowest BCUT2D eigenvalue weighted by molar-refractivity contribution is 0.171. The molecule has 3 aromatic rings. The van der Waals surface area contributed by atoms with Gasteiger partial charge in [0.25, 0.3) is 0 Å². The fourth-order valence-electron chi connectivity index (χ4n) is 3.33. The van der Waals surface area contributed by atoms with E-state index in [1.54, 1.807) is 38.5 Å². The molecular formula is C24H30N2O5S2. The normalized spacial score (nSPS) is 13.7. The zero-order valence-electron chi connectivity index (χ0n) is 19.5. The molecule has 0 aliphatic rings. The van der Waals surface area contributed by atoms with Crippen molar-refractivity contribution in [1.82, 2.24) is 9.29 Å². The van der Waals surface area contributed by atoms with Gasteiger partial charge in [-0.1, -0.05) is 24.3 Å². The molecule has 2 atom stereocenters. The molecule has 0 saturated heterocycles. The van der Waals surface area contributed by atoms with E-state index >= 15 is 0 Å². The predicted molar refractivity (Wildman–Crippen MR) is 130 cm³/mol. The SMILES string of the molecule is COc1ccc(CN(Cc2ccc(OC)cc2)S(=O)(=O)[C@H](C)[C@H](O)c2nc(C)c(C)s2)cc1. The second kappa shape index (κ2) is 10.6. The third kappa shape index (κ3) is 5.92. The van der Waals surface area contributed by atoms with Crippen LogP contribution in [-0.4, -0.2) is 42.3 Å². The van der Waals surface area contributed by atoms with Gasteiger partial charge in [-0.25, -0.2) is 13.4 Å². The van der Waals surface area contributed by atoms with Crippen LogP contribution in [-0.2, 0) is 23.1 Å². The zero-order valence-corrected chi connectivity index (χ0v) is 21.1.